The van der Waals surface area contributed by atoms with Gasteiger partial charge in [0.05, 0.1) is 5.92 Å². The van der Waals surface area contributed by atoms with Crippen molar-refractivity contribution in [3.8, 4) is 0 Å². The van der Waals surface area contributed by atoms with E-state index in [2.05, 4.69) is 19.2 Å². The number of nitrogens with one attached hydrogen (secondary N) is 1. The molecule has 0 aliphatic carbocycles. The molecule has 2 N–H and O–H groups in total. The van der Waals surface area contributed by atoms with Crippen LogP contribution in [-0.2, 0) is 4.79 Å². The molecule has 1 atom stereocenters. The van der Waals surface area contributed by atoms with Crippen LogP contribution in [0.15, 0.2) is 0 Å². The molecule has 14 heavy (non-hydrogen) atoms. The quantitative estimate of drug-likeness (QED) is 0.633. The molecule has 0 amide bonds. The van der Waals surface area contributed by atoms with E-state index in [-0.39, 0.29) is 5.92 Å². The standard InChI is InChI=1S/C11H23NO2/c1-4-7-9(11(13)14)8-12-10(5-2)6-3/h9-10,12H,4-8H2,1-3H3,(H,13,14). The minimum absolute atomic E-state index is 0.222. The molecule has 0 aromatic heterocycles. The molecule has 0 bridgehead atoms. The van der Waals surface area contributed by atoms with Crippen LogP contribution in [0.3, 0.4) is 0 Å². The zero-order valence-corrected chi connectivity index (χ0v) is 9.55. The van der Waals surface area contributed by atoms with Gasteiger partial charge in [-0.05, 0) is 19.3 Å². The summed E-state index contributed by atoms with van der Waals surface area (Å²) in [6.45, 7) is 6.87. The summed E-state index contributed by atoms with van der Waals surface area (Å²) in [5, 5.41) is 12.2. The Morgan fingerprint density at radius 2 is 1.86 bits per heavy atom. The summed E-state index contributed by atoms with van der Waals surface area (Å²) in [5.74, 6) is -0.897. The Hall–Kier alpha value is -0.570. The van der Waals surface area contributed by atoms with E-state index in [4.69, 9.17) is 5.11 Å². The van der Waals surface area contributed by atoms with Crippen LogP contribution in [0, 0.1) is 5.92 Å². The van der Waals surface area contributed by atoms with Crippen molar-refractivity contribution in [1.82, 2.24) is 5.32 Å². The van der Waals surface area contributed by atoms with Crippen molar-refractivity contribution in [2.75, 3.05) is 6.54 Å². The molecule has 0 spiro atoms. The van der Waals surface area contributed by atoms with Gasteiger partial charge in [-0.2, -0.15) is 0 Å². The van der Waals surface area contributed by atoms with E-state index < -0.39 is 5.97 Å². The van der Waals surface area contributed by atoms with Gasteiger partial charge in [-0.3, -0.25) is 4.79 Å². The molecule has 0 aromatic rings. The highest BCUT2D eigenvalue weighted by molar-refractivity contribution is 5.70. The second kappa shape index (κ2) is 7.80. The first-order chi connectivity index (χ1) is 6.65. The van der Waals surface area contributed by atoms with Crippen LogP contribution in [0.25, 0.3) is 0 Å². The smallest absolute Gasteiger partial charge is 0.307 e. The summed E-state index contributed by atoms with van der Waals surface area (Å²) in [6.07, 6.45) is 3.83. The van der Waals surface area contributed by atoms with E-state index in [1.807, 2.05) is 6.92 Å². The lowest BCUT2D eigenvalue weighted by Crippen LogP contribution is -2.35. The average Bonchev–Trinajstić information content (AvgIpc) is 2.17. The molecule has 0 radical (unpaired) electrons. The predicted molar refractivity (Wildman–Crippen MR) is 58.4 cm³/mol. The fourth-order valence-electron chi connectivity index (χ4n) is 1.55. The normalized spacial score (nSPS) is 13.1. The molecule has 3 heteroatoms. The van der Waals surface area contributed by atoms with Gasteiger partial charge in [0, 0.05) is 12.6 Å². The van der Waals surface area contributed by atoms with Gasteiger partial charge in [0.25, 0.3) is 0 Å². The maximum atomic E-state index is 10.8. The molecule has 0 heterocycles. The van der Waals surface area contributed by atoms with Crippen molar-refractivity contribution in [3.63, 3.8) is 0 Å². The molecule has 0 aromatic carbocycles. The second-order valence-electron chi connectivity index (χ2n) is 3.75. The molecule has 84 valence electrons. The fraction of sp³-hybridized carbons (Fsp3) is 0.909. The highest BCUT2D eigenvalue weighted by Crippen LogP contribution is 2.06. The number of hydrogen-bond donors (Lipinski definition) is 2. The number of hydrogen-bond acceptors (Lipinski definition) is 2. The van der Waals surface area contributed by atoms with Crippen LogP contribution in [0.2, 0.25) is 0 Å². The largest absolute Gasteiger partial charge is 0.481 e. The third-order valence-electron chi connectivity index (χ3n) is 2.62. The van der Waals surface area contributed by atoms with E-state index in [1.165, 1.54) is 0 Å². The number of aliphatic carboxylic acids is 1. The van der Waals surface area contributed by atoms with E-state index in [0.29, 0.717) is 12.6 Å². The average molecular weight is 201 g/mol. The summed E-state index contributed by atoms with van der Waals surface area (Å²) in [7, 11) is 0. The molecule has 0 fully saturated rings. The Balaban J connectivity index is 3.85. The Bertz CT molecular complexity index is 155. The lowest BCUT2D eigenvalue weighted by molar-refractivity contribution is -0.141. The topological polar surface area (TPSA) is 49.3 Å². The van der Waals surface area contributed by atoms with Crippen molar-refractivity contribution in [3.05, 3.63) is 0 Å². The van der Waals surface area contributed by atoms with E-state index >= 15 is 0 Å². The first kappa shape index (κ1) is 13.4. The fourth-order valence-corrected chi connectivity index (χ4v) is 1.55. The van der Waals surface area contributed by atoms with E-state index in [0.717, 1.165) is 25.7 Å². The van der Waals surface area contributed by atoms with Gasteiger partial charge < -0.3 is 10.4 Å². The van der Waals surface area contributed by atoms with Crippen LogP contribution < -0.4 is 5.32 Å². The zero-order chi connectivity index (χ0) is 11.0. The highest BCUT2D eigenvalue weighted by atomic mass is 16.4. The second-order valence-corrected chi connectivity index (χ2v) is 3.75. The molecule has 0 saturated heterocycles. The number of carboxylic acids is 1. The Kier molecular flexibility index (Phi) is 7.48. The van der Waals surface area contributed by atoms with Gasteiger partial charge in [-0.1, -0.05) is 27.2 Å². The molecule has 1 unspecified atom stereocenters. The van der Waals surface area contributed by atoms with Crippen molar-refractivity contribution < 1.29 is 9.90 Å². The molecule has 3 nitrogen and oxygen atoms in total. The monoisotopic (exact) mass is 201 g/mol. The Labute approximate surface area is 86.9 Å². The van der Waals surface area contributed by atoms with Crippen LogP contribution in [0.1, 0.15) is 46.5 Å². The van der Waals surface area contributed by atoms with Crippen LogP contribution in [0.4, 0.5) is 0 Å². The molecule has 0 rings (SSSR count). The number of carboxylic acid groups (broad SMARTS) is 1. The van der Waals surface area contributed by atoms with Crippen LogP contribution >= 0.6 is 0 Å². The zero-order valence-electron chi connectivity index (χ0n) is 9.55. The van der Waals surface area contributed by atoms with E-state index in [9.17, 15) is 4.79 Å². The van der Waals surface area contributed by atoms with Crippen molar-refractivity contribution in [2.45, 2.75) is 52.5 Å². The van der Waals surface area contributed by atoms with Gasteiger partial charge in [0.1, 0.15) is 0 Å². The van der Waals surface area contributed by atoms with Crippen molar-refractivity contribution in [1.29, 1.82) is 0 Å². The molecule has 0 aliphatic rings. The van der Waals surface area contributed by atoms with Gasteiger partial charge in [-0.15, -0.1) is 0 Å². The summed E-state index contributed by atoms with van der Waals surface area (Å²) in [4.78, 5) is 10.8. The summed E-state index contributed by atoms with van der Waals surface area (Å²) < 4.78 is 0. The summed E-state index contributed by atoms with van der Waals surface area (Å²) in [5.41, 5.74) is 0. The Morgan fingerprint density at radius 3 is 2.21 bits per heavy atom. The van der Waals surface area contributed by atoms with Gasteiger partial charge in [-0.25, -0.2) is 0 Å². The molecular weight excluding hydrogens is 178 g/mol. The Morgan fingerprint density at radius 1 is 1.29 bits per heavy atom. The third-order valence-corrected chi connectivity index (χ3v) is 2.62. The maximum absolute atomic E-state index is 10.8. The molecular formula is C11H23NO2. The lowest BCUT2D eigenvalue weighted by Gasteiger charge is -2.18. The minimum Gasteiger partial charge on any atom is -0.481 e. The molecule has 0 aliphatic heterocycles. The number of carbonyl (C=O) groups is 1. The molecule has 0 saturated carbocycles. The third kappa shape index (κ3) is 5.22. The predicted octanol–water partition coefficient (Wildman–Crippen LogP) is 2.27. The van der Waals surface area contributed by atoms with Gasteiger partial charge >= 0.3 is 5.97 Å². The van der Waals surface area contributed by atoms with Crippen LogP contribution in [0.5, 0.6) is 0 Å². The highest BCUT2D eigenvalue weighted by Gasteiger charge is 2.16. The van der Waals surface area contributed by atoms with Gasteiger partial charge in [0.15, 0.2) is 0 Å². The van der Waals surface area contributed by atoms with Crippen molar-refractivity contribution in [2.24, 2.45) is 5.92 Å². The van der Waals surface area contributed by atoms with Gasteiger partial charge in [0.2, 0.25) is 0 Å². The first-order valence-corrected chi connectivity index (χ1v) is 5.61. The minimum atomic E-state index is -0.676. The summed E-state index contributed by atoms with van der Waals surface area (Å²) >= 11 is 0. The van der Waals surface area contributed by atoms with Crippen LogP contribution in [-0.4, -0.2) is 23.7 Å². The summed E-state index contributed by atoms with van der Waals surface area (Å²) in [6, 6.07) is 0.466. The first-order valence-electron chi connectivity index (χ1n) is 5.61. The van der Waals surface area contributed by atoms with E-state index in [1.54, 1.807) is 0 Å². The SMILES string of the molecule is CCCC(CNC(CC)CC)C(=O)O. The lowest BCUT2D eigenvalue weighted by atomic mass is 10.0. The maximum Gasteiger partial charge on any atom is 0.307 e. The van der Waals surface area contributed by atoms with Crippen molar-refractivity contribution >= 4 is 5.97 Å². The number of rotatable bonds is 8.